The van der Waals surface area contributed by atoms with E-state index in [9.17, 15) is 9.59 Å². The lowest BCUT2D eigenvalue weighted by molar-refractivity contribution is 0.128. The van der Waals surface area contributed by atoms with Crippen LogP contribution in [0.1, 0.15) is 106 Å². The van der Waals surface area contributed by atoms with E-state index in [1.54, 1.807) is 0 Å². The third-order valence-corrected chi connectivity index (χ3v) is 10.3. The van der Waals surface area contributed by atoms with Crippen LogP contribution in [0.3, 0.4) is 0 Å². The maximum Gasteiger partial charge on any atom is 0.317 e. The summed E-state index contributed by atoms with van der Waals surface area (Å²) in [5.74, 6) is 1.04. The van der Waals surface area contributed by atoms with Gasteiger partial charge in [-0.25, -0.2) is 9.59 Å². The summed E-state index contributed by atoms with van der Waals surface area (Å²) in [6, 6.07) is 1.08. The van der Waals surface area contributed by atoms with Crippen LogP contribution >= 0.6 is 0 Å². The molecule has 0 aromatic carbocycles. The van der Waals surface area contributed by atoms with E-state index in [0.29, 0.717) is 34.7 Å². The van der Waals surface area contributed by atoms with E-state index in [-0.39, 0.29) is 22.9 Å². The Hall–Kier alpha value is -1.46. The Morgan fingerprint density at radius 3 is 1.53 bits per heavy atom. The van der Waals surface area contributed by atoms with Crippen molar-refractivity contribution in [3.05, 3.63) is 0 Å². The Balaban J connectivity index is 1.07. The molecule has 4 bridgehead atoms. The molecule has 2 N–H and O–H groups in total. The number of hydrogen-bond acceptors (Lipinski definition) is 2. The van der Waals surface area contributed by atoms with Crippen LogP contribution < -0.4 is 10.6 Å². The Morgan fingerprint density at radius 2 is 1.11 bits per heavy atom. The van der Waals surface area contributed by atoms with Gasteiger partial charge in [0.05, 0.1) is 0 Å². The van der Waals surface area contributed by atoms with Crippen LogP contribution in [-0.4, -0.2) is 60.1 Å². The second-order valence-electron chi connectivity index (χ2n) is 16.0. The van der Waals surface area contributed by atoms with Crippen LogP contribution in [0.4, 0.5) is 9.59 Å². The fraction of sp³-hybridized carbons (Fsp3) is 0.933. The predicted octanol–water partition coefficient (Wildman–Crippen LogP) is 6.01. The van der Waals surface area contributed by atoms with Gasteiger partial charge in [0.2, 0.25) is 0 Å². The first-order valence-corrected chi connectivity index (χ1v) is 14.8. The van der Waals surface area contributed by atoms with Crippen molar-refractivity contribution in [1.29, 1.82) is 0 Å². The smallest absolute Gasteiger partial charge is 0.317 e. The first kappa shape index (κ1) is 26.2. The van der Waals surface area contributed by atoms with Crippen molar-refractivity contribution in [2.75, 3.05) is 26.2 Å². The van der Waals surface area contributed by atoms with Crippen molar-refractivity contribution in [2.24, 2.45) is 33.5 Å². The van der Waals surface area contributed by atoms with Crippen molar-refractivity contribution in [3.63, 3.8) is 0 Å². The van der Waals surface area contributed by atoms with Crippen LogP contribution in [0.25, 0.3) is 0 Å². The highest BCUT2D eigenvalue weighted by atomic mass is 16.2. The molecule has 0 spiro atoms. The molecule has 4 amide bonds. The summed E-state index contributed by atoms with van der Waals surface area (Å²) >= 11 is 0. The first-order chi connectivity index (χ1) is 16.7. The molecule has 204 valence electrons. The monoisotopic (exact) mass is 500 g/mol. The molecular formula is C30H52N4O2. The number of carbonyl (C=O) groups is 2. The van der Waals surface area contributed by atoms with E-state index in [0.717, 1.165) is 58.3 Å². The summed E-state index contributed by atoms with van der Waals surface area (Å²) in [6.07, 6.45) is 11.6. The molecule has 2 aliphatic heterocycles. The zero-order chi connectivity index (χ0) is 25.9. The van der Waals surface area contributed by atoms with E-state index in [1.165, 1.54) is 32.1 Å². The first-order valence-electron chi connectivity index (χ1n) is 14.8. The van der Waals surface area contributed by atoms with E-state index in [2.05, 4.69) is 62.0 Å². The molecule has 0 aromatic rings. The van der Waals surface area contributed by atoms with Gasteiger partial charge in [-0.05, 0) is 91.3 Å². The number of fused-ring (bicyclic) bond motifs is 4. The summed E-state index contributed by atoms with van der Waals surface area (Å²) in [7, 11) is 0. The zero-order valence-corrected chi connectivity index (χ0v) is 23.9. The van der Waals surface area contributed by atoms with Crippen LogP contribution in [0.5, 0.6) is 0 Å². The van der Waals surface area contributed by atoms with Gasteiger partial charge in [0, 0.05) is 38.3 Å². The van der Waals surface area contributed by atoms with E-state index < -0.39 is 0 Å². The summed E-state index contributed by atoms with van der Waals surface area (Å²) < 4.78 is 0. The predicted molar refractivity (Wildman–Crippen MR) is 145 cm³/mol. The van der Waals surface area contributed by atoms with Crippen molar-refractivity contribution >= 4 is 12.1 Å². The SMILES string of the molecule is CC1(C)C[C@H]2C[C@@](C)(CN2C(=O)NC[C@H]2CCC[C@@H](CNC(=O)N3C[C@@]4(C)C[C@@H]3CC(C)(C)C4)C2)C1. The summed E-state index contributed by atoms with van der Waals surface area (Å²) in [6.45, 7) is 17.5. The van der Waals surface area contributed by atoms with Crippen molar-refractivity contribution in [2.45, 2.75) is 118 Å². The molecule has 5 aliphatic rings. The molecule has 6 heteroatoms. The molecule has 2 saturated heterocycles. The quantitative estimate of drug-likeness (QED) is 0.496. The molecule has 5 fully saturated rings. The Labute approximate surface area is 219 Å². The third kappa shape index (κ3) is 5.53. The Morgan fingerprint density at radius 1 is 0.694 bits per heavy atom. The van der Waals surface area contributed by atoms with E-state index in [1.807, 2.05) is 0 Å². The standard InChI is InChI=1S/C30H52N4O2/c1-27(2)11-23-13-29(5,17-27)19-33(23)25(35)31-15-21-8-7-9-22(10-21)16-32-26(36)34-20-30(6)14-24(34)12-28(3,4)18-30/h21-24H,7-20H2,1-6H3,(H,31,35)(H,32,36)/t21-,22+,23-,24-,29+,30-/m0/s1. The average molecular weight is 501 g/mol. The maximum atomic E-state index is 13.1. The molecule has 3 saturated carbocycles. The van der Waals surface area contributed by atoms with Gasteiger partial charge in [-0.2, -0.15) is 0 Å². The van der Waals surface area contributed by atoms with Gasteiger partial charge >= 0.3 is 12.1 Å². The second kappa shape index (κ2) is 9.08. The number of likely N-dealkylation sites (tertiary alicyclic amines) is 2. The van der Waals surface area contributed by atoms with Crippen LogP contribution in [0.2, 0.25) is 0 Å². The van der Waals surface area contributed by atoms with Gasteiger partial charge in [0.1, 0.15) is 0 Å². The molecule has 0 radical (unpaired) electrons. The molecule has 0 aromatic heterocycles. The maximum absolute atomic E-state index is 13.1. The summed E-state index contributed by atoms with van der Waals surface area (Å²) in [4.78, 5) is 30.6. The molecule has 6 nitrogen and oxygen atoms in total. The van der Waals surface area contributed by atoms with Crippen molar-refractivity contribution in [3.8, 4) is 0 Å². The van der Waals surface area contributed by atoms with Gasteiger partial charge in [0.15, 0.2) is 0 Å². The molecule has 2 heterocycles. The molecule has 6 atom stereocenters. The normalized spacial score (nSPS) is 40.7. The van der Waals surface area contributed by atoms with Crippen molar-refractivity contribution in [1.82, 2.24) is 20.4 Å². The highest BCUT2D eigenvalue weighted by Gasteiger charge is 2.52. The highest BCUT2D eigenvalue weighted by Crippen LogP contribution is 2.53. The largest absolute Gasteiger partial charge is 0.338 e. The topological polar surface area (TPSA) is 64.7 Å². The van der Waals surface area contributed by atoms with Gasteiger partial charge in [-0.1, -0.05) is 48.0 Å². The Bertz CT molecular complexity index is 803. The Kier molecular flexibility index (Phi) is 6.60. The number of nitrogens with one attached hydrogen (secondary N) is 2. The lowest BCUT2D eigenvalue weighted by Gasteiger charge is -2.39. The molecule has 3 aliphatic carbocycles. The molecule has 5 rings (SSSR count). The molecule has 36 heavy (non-hydrogen) atoms. The fourth-order valence-electron chi connectivity index (χ4n) is 9.83. The van der Waals surface area contributed by atoms with Crippen LogP contribution in [0.15, 0.2) is 0 Å². The molecular weight excluding hydrogens is 448 g/mol. The van der Waals surface area contributed by atoms with Crippen LogP contribution in [-0.2, 0) is 0 Å². The molecule has 0 unspecified atom stereocenters. The lowest BCUT2D eigenvalue weighted by atomic mass is 9.65. The van der Waals surface area contributed by atoms with Gasteiger partial charge in [0.25, 0.3) is 0 Å². The van der Waals surface area contributed by atoms with E-state index >= 15 is 0 Å². The van der Waals surface area contributed by atoms with Crippen molar-refractivity contribution < 1.29 is 9.59 Å². The lowest BCUT2D eigenvalue weighted by Crippen LogP contribution is -2.46. The van der Waals surface area contributed by atoms with Crippen LogP contribution in [0, 0.1) is 33.5 Å². The highest BCUT2D eigenvalue weighted by molar-refractivity contribution is 5.75. The number of urea groups is 2. The van der Waals surface area contributed by atoms with Gasteiger partial charge in [-0.15, -0.1) is 0 Å². The van der Waals surface area contributed by atoms with Gasteiger partial charge < -0.3 is 20.4 Å². The number of amides is 4. The zero-order valence-electron chi connectivity index (χ0n) is 23.9. The number of hydrogen-bond donors (Lipinski definition) is 2. The minimum absolute atomic E-state index is 0.147. The fourth-order valence-corrected chi connectivity index (χ4v) is 9.83. The van der Waals surface area contributed by atoms with E-state index in [4.69, 9.17) is 0 Å². The number of rotatable bonds is 4. The number of nitrogens with zero attached hydrogens (tertiary/aromatic N) is 2. The number of carbonyl (C=O) groups excluding carboxylic acids is 2. The minimum Gasteiger partial charge on any atom is -0.338 e. The van der Waals surface area contributed by atoms with Gasteiger partial charge in [-0.3, -0.25) is 0 Å². The summed E-state index contributed by atoms with van der Waals surface area (Å²) in [5, 5.41) is 6.62. The third-order valence-electron chi connectivity index (χ3n) is 10.3. The second-order valence-corrected chi connectivity index (χ2v) is 16.0. The summed E-state index contributed by atoms with van der Waals surface area (Å²) in [5.41, 5.74) is 1.21. The minimum atomic E-state index is 0.147. The average Bonchev–Trinajstić information content (AvgIpc) is 3.16.